The van der Waals surface area contributed by atoms with E-state index in [-0.39, 0.29) is 0 Å². The number of thiophene rings is 1. The maximum atomic E-state index is 5.25. The molecule has 1 unspecified atom stereocenters. The highest BCUT2D eigenvalue weighted by Gasteiger charge is 2.35. The fourth-order valence-electron chi connectivity index (χ4n) is 5.58. The molecular formula is C40H40N4S. The van der Waals surface area contributed by atoms with Crippen LogP contribution in [0.2, 0.25) is 0 Å². The van der Waals surface area contributed by atoms with Crippen molar-refractivity contribution in [1.82, 2.24) is 10.6 Å². The molecule has 4 nitrogen and oxygen atoms in total. The standard InChI is InChI=1S/C32H26N2S.C8H14N2/c1-22-11-8-9-20-34(29-21-24(18-19-25(22)29)23-12-4-5-13-23)32(2,33-3)28-16-10-15-27-26-14-6-7-17-30(26)35-31(27)28;1-3-5-6-8(4-2)10-7-9/h4-12,14-21,33H,1H2,2-3H3;3-6,10H,2,7,9H2,1H3/b11-8-,20-9-;5-3-,8-6+. The molecular weight excluding hydrogens is 569 g/mol. The molecule has 45 heavy (non-hydrogen) atoms. The van der Waals surface area contributed by atoms with Crippen molar-refractivity contribution in [3.05, 3.63) is 169 Å². The maximum absolute atomic E-state index is 5.25. The van der Waals surface area contributed by atoms with E-state index >= 15 is 0 Å². The number of fused-ring (bicyclic) bond motifs is 4. The van der Waals surface area contributed by atoms with Crippen LogP contribution in [0.15, 0.2) is 152 Å². The molecule has 1 atom stereocenters. The van der Waals surface area contributed by atoms with Gasteiger partial charge in [-0.05, 0) is 74.5 Å². The molecule has 0 saturated carbocycles. The van der Waals surface area contributed by atoms with E-state index in [4.69, 9.17) is 5.73 Å². The van der Waals surface area contributed by atoms with E-state index in [1.165, 1.54) is 25.7 Å². The molecule has 2 heterocycles. The summed E-state index contributed by atoms with van der Waals surface area (Å²) in [6.45, 7) is 12.6. The van der Waals surface area contributed by atoms with Gasteiger partial charge in [0.15, 0.2) is 0 Å². The van der Waals surface area contributed by atoms with Crippen LogP contribution in [0.25, 0.3) is 31.3 Å². The quantitative estimate of drug-likeness (QED) is 0.106. The van der Waals surface area contributed by atoms with Crippen LogP contribution in [0.3, 0.4) is 0 Å². The van der Waals surface area contributed by atoms with E-state index < -0.39 is 5.66 Å². The van der Waals surface area contributed by atoms with Gasteiger partial charge in [-0.15, -0.1) is 17.1 Å². The van der Waals surface area contributed by atoms with Crippen molar-refractivity contribution in [2.24, 2.45) is 5.73 Å². The molecule has 1 aliphatic carbocycles. The van der Waals surface area contributed by atoms with E-state index in [9.17, 15) is 0 Å². The summed E-state index contributed by atoms with van der Waals surface area (Å²) >= 11 is 1.86. The predicted octanol–water partition coefficient (Wildman–Crippen LogP) is 9.30. The fourth-order valence-corrected chi connectivity index (χ4v) is 6.90. The molecule has 2 aliphatic rings. The number of nitrogens with one attached hydrogen (secondary N) is 2. The Bertz CT molecular complexity index is 1960. The summed E-state index contributed by atoms with van der Waals surface area (Å²) in [5.41, 5.74) is 15.7. The van der Waals surface area contributed by atoms with Crippen molar-refractivity contribution in [3.63, 3.8) is 0 Å². The van der Waals surface area contributed by atoms with E-state index in [0.717, 1.165) is 33.7 Å². The van der Waals surface area contributed by atoms with Crippen LogP contribution < -0.4 is 21.3 Å². The Hall–Kier alpha value is -4.90. The van der Waals surface area contributed by atoms with Crippen LogP contribution in [-0.4, -0.2) is 13.7 Å². The van der Waals surface area contributed by atoms with Crippen molar-refractivity contribution < 1.29 is 0 Å². The Kier molecular flexibility index (Phi) is 9.99. The molecule has 1 aromatic heterocycles. The number of nitrogens with zero attached hydrogens (tertiary/aromatic N) is 1. The lowest BCUT2D eigenvalue weighted by molar-refractivity contribution is 0.408. The van der Waals surface area contributed by atoms with Crippen molar-refractivity contribution >= 4 is 48.3 Å². The molecule has 6 rings (SSSR count). The van der Waals surface area contributed by atoms with Crippen LogP contribution in [0.1, 0.15) is 30.5 Å². The molecule has 1 aliphatic heterocycles. The highest BCUT2D eigenvalue weighted by atomic mass is 32.1. The van der Waals surface area contributed by atoms with Gasteiger partial charge in [-0.2, -0.15) is 0 Å². The maximum Gasteiger partial charge on any atom is 0.119 e. The Balaban J connectivity index is 0.000000348. The van der Waals surface area contributed by atoms with Crippen LogP contribution in [0.5, 0.6) is 0 Å². The molecule has 4 aromatic rings. The summed E-state index contributed by atoms with van der Waals surface area (Å²) < 4.78 is 2.61. The zero-order valence-corrected chi connectivity index (χ0v) is 27.0. The van der Waals surface area contributed by atoms with Crippen molar-refractivity contribution in [3.8, 4) is 0 Å². The average molecular weight is 609 g/mol. The molecule has 0 fully saturated rings. The van der Waals surface area contributed by atoms with Gasteiger partial charge < -0.3 is 16.0 Å². The second-order valence-electron chi connectivity index (χ2n) is 10.7. The molecule has 226 valence electrons. The number of nitrogens with two attached hydrogens (primary N) is 1. The first-order valence-electron chi connectivity index (χ1n) is 15.1. The predicted molar refractivity (Wildman–Crippen MR) is 198 cm³/mol. The zero-order valence-electron chi connectivity index (χ0n) is 26.2. The third kappa shape index (κ3) is 6.48. The third-order valence-electron chi connectivity index (χ3n) is 8.05. The second-order valence-corrected chi connectivity index (χ2v) is 11.8. The zero-order chi connectivity index (χ0) is 31.8. The van der Waals surface area contributed by atoms with E-state index in [0.29, 0.717) is 6.67 Å². The average Bonchev–Trinajstić information content (AvgIpc) is 3.74. The third-order valence-corrected chi connectivity index (χ3v) is 9.27. The molecule has 3 aromatic carbocycles. The Morgan fingerprint density at radius 3 is 2.60 bits per heavy atom. The minimum absolute atomic E-state index is 0.440. The summed E-state index contributed by atoms with van der Waals surface area (Å²) in [4.78, 5) is 2.35. The lowest BCUT2D eigenvalue weighted by Crippen LogP contribution is -2.51. The van der Waals surface area contributed by atoms with Gasteiger partial charge in [0.1, 0.15) is 5.66 Å². The van der Waals surface area contributed by atoms with Gasteiger partial charge in [-0.25, -0.2) is 0 Å². The summed E-state index contributed by atoms with van der Waals surface area (Å²) in [6.07, 6.45) is 22.0. The second kappa shape index (κ2) is 14.3. The number of allylic oxidation sites excluding steroid dienone is 11. The molecule has 0 spiro atoms. The fraction of sp³-hybridized carbons (Fsp3) is 0.125. The SMILES string of the molecule is C=C/C(=C\C=C/C)NCN.C=C1/C=C\C=C/N(C(C)(NC)c2cccc3c2sc2ccccc23)c2cc(C3=C=CC=C3)ccc21. The van der Waals surface area contributed by atoms with Gasteiger partial charge in [-0.1, -0.05) is 92.1 Å². The van der Waals surface area contributed by atoms with Gasteiger partial charge in [0.05, 0.1) is 12.4 Å². The first-order valence-corrected chi connectivity index (χ1v) is 15.9. The van der Waals surface area contributed by atoms with Crippen molar-refractivity contribution in [2.75, 3.05) is 18.6 Å². The normalized spacial score (nSPS) is 16.9. The van der Waals surface area contributed by atoms with Gasteiger partial charge >= 0.3 is 0 Å². The first kappa shape index (κ1) is 31.5. The number of hydrogen-bond donors (Lipinski definition) is 3. The molecule has 0 bridgehead atoms. The lowest BCUT2D eigenvalue weighted by Gasteiger charge is -2.43. The topological polar surface area (TPSA) is 53.3 Å². The summed E-state index contributed by atoms with van der Waals surface area (Å²) in [5.74, 6) is 0. The van der Waals surface area contributed by atoms with Gasteiger partial charge in [0, 0.05) is 48.8 Å². The molecule has 5 heteroatoms. The molecule has 0 amide bonds. The van der Waals surface area contributed by atoms with E-state index in [1.807, 2.05) is 55.7 Å². The minimum atomic E-state index is -0.508. The Labute approximate surface area is 271 Å². The minimum Gasteiger partial charge on any atom is -0.373 e. The monoisotopic (exact) mass is 608 g/mol. The Morgan fingerprint density at radius 1 is 1.04 bits per heavy atom. The largest absolute Gasteiger partial charge is 0.373 e. The van der Waals surface area contributed by atoms with Crippen molar-refractivity contribution in [1.29, 1.82) is 0 Å². The molecule has 0 saturated heterocycles. The number of hydrogen-bond acceptors (Lipinski definition) is 5. The van der Waals surface area contributed by atoms with Crippen LogP contribution in [0, 0.1) is 0 Å². The number of benzene rings is 3. The first-order chi connectivity index (χ1) is 21.9. The number of rotatable bonds is 8. The van der Waals surface area contributed by atoms with Gasteiger partial charge in [-0.3, -0.25) is 5.32 Å². The summed E-state index contributed by atoms with van der Waals surface area (Å²) in [5, 5.41) is 9.22. The highest BCUT2D eigenvalue weighted by molar-refractivity contribution is 7.26. The van der Waals surface area contributed by atoms with Crippen LogP contribution in [0.4, 0.5) is 5.69 Å². The van der Waals surface area contributed by atoms with Crippen LogP contribution in [-0.2, 0) is 5.66 Å². The smallest absolute Gasteiger partial charge is 0.119 e. The van der Waals surface area contributed by atoms with E-state index in [2.05, 4.69) is 133 Å². The summed E-state index contributed by atoms with van der Waals surface area (Å²) in [7, 11) is 2.04. The molecule has 0 radical (unpaired) electrons. The number of anilines is 1. The van der Waals surface area contributed by atoms with Crippen LogP contribution >= 0.6 is 11.3 Å². The Morgan fingerprint density at radius 2 is 1.87 bits per heavy atom. The lowest BCUT2D eigenvalue weighted by atomic mass is 9.92. The van der Waals surface area contributed by atoms with Gasteiger partial charge in [0.25, 0.3) is 0 Å². The van der Waals surface area contributed by atoms with Crippen molar-refractivity contribution in [2.45, 2.75) is 19.5 Å². The highest BCUT2D eigenvalue weighted by Crippen LogP contribution is 2.44. The summed E-state index contributed by atoms with van der Waals surface area (Å²) in [6, 6.07) is 21.9. The van der Waals surface area contributed by atoms with E-state index in [1.54, 1.807) is 6.08 Å². The molecule has 4 N–H and O–H groups in total. The van der Waals surface area contributed by atoms with Gasteiger partial charge in [0.2, 0.25) is 0 Å².